The van der Waals surface area contributed by atoms with Crippen LogP contribution < -0.4 is 26.2 Å². The number of hydrogen-bond acceptors (Lipinski definition) is 2. The molecule has 0 fully saturated rings. The number of hydrogen-bond donors (Lipinski definition) is 0. The fourth-order valence-corrected chi connectivity index (χ4v) is 12.8. The highest BCUT2D eigenvalue weighted by Gasteiger charge is 2.46. The molecule has 2 heterocycles. The Hall–Kier alpha value is -8.14. The van der Waals surface area contributed by atoms with Gasteiger partial charge in [-0.05, 0) is 121 Å². The highest BCUT2D eigenvalue weighted by atomic mass is 15.2. The Morgan fingerprint density at radius 1 is 0.231 bits per heavy atom. The van der Waals surface area contributed by atoms with Crippen LogP contribution >= 0.6 is 0 Å². The molecule has 0 amide bonds. The molecule has 10 aromatic rings. The van der Waals surface area contributed by atoms with Gasteiger partial charge in [0.25, 0.3) is 6.71 Å². The van der Waals surface area contributed by atoms with Gasteiger partial charge >= 0.3 is 0 Å². The molecule has 0 atom stereocenters. The first-order valence-corrected chi connectivity index (χ1v) is 28.0. The van der Waals surface area contributed by atoms with Crippen LogP contribution in [-0.2, 0) is 27.1 Å². The molecule has 0 saturated carbocycles. The average Bonchev–Trinajstić information content (AvgIpc) is 2.88. The zero-order valence-electron chi connectivity index (χ0n) is 47.1. The molecule has 12 rings (SSSR count). The molecular formula is C75H71BN2. The number of anilines is 6. The molecule has 0 N–H and O–H groups in total. The van der Waals surface area contributed by atoms with Crippen molar-refractivity contribution in [1.29, 1.82) is 0 Å². The first kappa shape index (κ1) is 50.7. The maximum atomic E-state index is 2.61. The Kier molecular flexibility index (Phi) is 12.4. The number of nitrogens with zero attached hydrogens (tertiary/aromatic N) is 2. The van der Waals surface area contributed by atoms with E-state index >= 15 is 0 Å². The largest absolute Gasteiger partial charge is 0.311 e. The van der Waals surface area contributed by atoms with Crippen molar-refractivity contribution in [3.05, 3.63) is 304 Å². The molecule has 10 aromatic carbocycles. The fraction of sp³-hybridized carbons (Fsp3) is 0.200. The van der Waals surface area contributed by atoms with Crippen LogP contribution in [0.3, 0.4) is 0 Å². The van der Waals surface area contributed by atoms with E-state index in [-0.39, 0.29) is 33.8 Å². The molecule has 0 radical (unpaired) electrons. The van der Waals surface area contributed by atoms with E-state index in [1.165, 1.54) is 94.8 Å². The third-order valence-corrected chi connectivity index (χ3v) is 18.4. The summed E-state index contributed by atoms with van der Waals surface area (Å²) >= 11 is 0. The summed E-state index contributed by atoms with van der Waals surface area (Å²) in [6, 6.07) is 93.8. The van der Waals surface area contributed by atoms with Crippen LogP contribution in [0.25, 0.3) is 0 Å². The molecule has 384 valence electrons. The van der Waals surface area contributed by atoms with E-state index in [0.29, 0.717) is 0 Å². The molecule has 0 aromatic heterocycles. The summed E-state index contributed by atoms with van der Waals surface area (Å²) in [6.45, 7) is 23.6. The minimum Gasteiger partial charge on any atom is -0.311 e. The van der Waals surface area contributed by atoms with Gasteiger partial charge in [0.2, 0.25) is 0 Å². The van der Waals surface area contributed by atoms with Gasteiger partial charge < -0.3 is 9.80 Å². The lowest BCUT2D eigenvalue weighted by molar-refractivity contribution is 0.639. The summed E-state index contributed by atoms with van der Waals surface area (Å²) in [7, 11) is 0. The Morgan fingerprint density at radius 2 is 0.462 bits per heavy atom. The highest BCUT2D eigenvalue weighted by molar-refractivity contribution is 7.00. The predicted molar refractivity (Wildman–Crippen MR) is 333 cm³/mol. The minimum atomic E-state index is -0.360. The molecule has 78 heavy (non-hydrogen) atoms. The average molecular weight is 1010 g/mol. The first-order valence-electron chi connectivity index (χ1n) is 28.0. The molecule has 0 unspecified atom stereocenters. The predicted octanol–water partition coefficient (Wildman–Crippen LogP) is 17.4. The molecule has 2 aliphatic rings. The van der Waals surface area contributed by atoms with Crippen LogP contribution in [0, 0.1) is 0 Å². The number of fused-ring (bicyclic) bond motifs is 4. The van der Waals surface area contributed by atoms with Gasteiger partial charge in [-0.1, -0.05) is 269 Å². The molecule has 3 heteroatoms. The van der Waals surface area contributed by atoms with Crippen molar-refractivity contribution in [2.45, 2.75) is 96.3 Å². The molecule has 2 aliphatic heterocycles. The molecule has 0 spiro atoms. The van der Waals surface area contributed by atoms with Crippen molar-refractivity contribution < 1.29 is 0 Å². The number of rotatable bonds is 12. The summed E-state index contributed by atoms with van der Waals surface area (Å²) in [5, 5.41) is 0. The van der Waals surface area contributed by atoms with Crippen LogP contribution in [0.2, 0.25) is 0 Å². The molecule has 0 saturated heterocycles. The first-order chi connectivity index (χ1) is 37.5. The Bertz CT molecular complexity index is 3560. The molecular weight excluding hydrogens is 940 g/mol. The monoisotopic (exact) mass is 1010 g/mol. The van der Waals surface area contributed by atoms with Gasteiger partial charge in [-0.25, -0.2) is 0 Å². The second-order valence-corrected chi connectivity index (χ2v) is 24.6. The van der Waals surface area contributed by atoms with Gasteiger partial charge in [0.15, 0.2) is 0 Å². The van der Waals surface area contributed by atoms with E-state index in [0.717, 1.165) is 11.4 Å². The van der Waals surface area contributed by atoms with Crippen molar-refractivity contribution in [1.82, 2.24) is 0 Å². The van der Waals surface area contributed by atoms with E-state index in [4.69, 9.17) is 0 Å². The van der Waals surface area contributed by atoms with Gasteiger partial charge in [0.1, 0.15) is 0 Å². The SMILES string of the molecule is CC(C)(c1ccccc1)c1ccc(N2c3cc(C(C)(C)c4ccccc4)ccc3B3c4ccc(C(C)(C)c5ccccc5)cc4N(c4ccc(C(C)(C)c5ccccc5)cc4)c4cc(C(C)(C)c5ccccc5)cc2c43)cc1. The van der Waals surface area contributed by atoms with E-state index in [9.17, 15) is 0 Å². The topological polar surface area (TPSA) is 6.48 Å². The number of benzene rings is 10. The second-order valence-electron chi connectivity index (χ2n) is 24.6. The van der Waals surface area contributed by atoms with Gasteiger partial charge in [0, 0.05) is 61.2 Å². The third kappa shape index (κ3) is 8.42. The zero-order valence-corrected chi connectivity index (χ0v) is 47.1. The quantitative estimate of drug-likeness (QED) is 0.113. The summed E-state index contributed by atoms with van der Waals surface area (Å²) in [4.78, 5) is 5.22. The summed E-state index contributed by atoms with van der Waals surface area (Å²) < 4.78 is 0. The van der Waals surface area contributed by atoms with Gasteiger partial charge in [-0.2, -0.15) is 0 Å². The fourth-order valence-electron chi connectivity index (χ4n) is 12.8. The lowest BCUT2D eigenvalue weighted by Gasteiger charge is -2.46. The van der Waals surface area contributed by atoms with Crippen molar-refractivity contribution in [3.8, 4) is 0 Å². The smallest absolute Gasteiger partial charge is 0.252 e. The standard InChI is InChI=1S/C75H71BN2/c1-71(2,52-26-16-11-17-27-52)57-36-42-62(43-37-57)77-66-48-59(73(5,6)54-30-20-13-21-31-54)40-46-64(66)76-65-47-41-60(74(7,8)55-32-22-14-23-33-55)49-67(65)78(63-44-38-58(39-45-63)72(3,4)53-28-18-12-19-29-53)69-51-61(50-68(77)70(69)76)75(9,10)56-34-24-15-25-35-56/h11-51H,1-10H3. The van der Waals surface area contributed by atoms with E-state index in [1.54, 1.807) is 0 Å². The van der Waals surface area contributed by atoms with E-state index < -0.39 is 0 Å². The molecule has 0 bridgehead atoms. The highest BCUT2D eigenvalue weighted by Crippen LogP contribution is 2.50. The molecule has 0 aliphatic carbocycles. The van der Waals surface area contributed by atoms with Gasteiger partial charge in [0.05, 0.1) is 0 Å². The minimum absolute atomic E-state index is 0.0586. The van der Waals surface area contributed by atoms with Crippen LogP contribution in [-0.4, -0.2) is 6.71 Å². The van der Waals surface area contributed by atoms with Gasteiger partial charge in [-0.15, -0.1) is 0 Å². The Labute approximate surface area is 465 Å². The van der Waals surface area contributed by atoms with Crippen LogP contribution in [0.1, 0.15) is 125 Å². The Balaban J connectivity index is 1.15. The summed E-state index contributed by atoms with van der Waals surface area (Å²) in [5.74, 6) is 0. The van der Waals surface area contributed by atoms with E-state index in [1.807, 2.05) is 0 Å². The maximum absolute atomic E-state index is 2.61. The van der Waals surface area contributed by atoms with Gasteiger partial charge in [-0.3, -0.25) is 0 Å². The van der Waals surface area contributed by atoms with Crippen LogP contribution in [0.4, 0.5) is 34.1 Å². The second kappa shape index (κ2) is 19.1. The van der Waals surface area contributed by atoms with Crippen molar-refractivity contribution in [3.63, 3.8) is 0 Å². The van der Waals surface area contributed by atoms with Crippen molar-refractivity contribution in [2.24, 2.45) is 0 Å². The normalized spacial score (nSPS) is 13.4. The van der Waals surface area contributed by atoms with Crippen LogP contribution in [0.5, 0.6) is 0 Å². The lowest BCUT2D eigenvalue weighted by atomic mass is 9.33. The third-order valence-electron chi connectivity index (χ3n) is 18.4. The lowest BCUT2D eigenvalue weighted by Crippen LogP contribution is -2.61. The zero-order chi connectivity index (χ0) is 54.2. The molecule has 2 nitrogen and oxygen atoms in total. The summed E-state index contributed by atoms with van der Waals surface area (Å²) in [6.07, 6.45) is 0. The van der Waals surface area contributed by atoms with Crippen molar-refractivity contribution >= 4 is 57.2 Å². The summed E-state index contributed by atoms with van der Waals surface area (Å²) in [5.41, 5.74) is 22.6. The Morgan fingerprint density at radius 3 is 0.756 bits per heavy atom. The van der Waals surface area contributed by atoms with Crippen molar-refractivity contribution in [2.75, 3.05) is 9.80 Å². The van der Waals surface area contributed by atoms with Crippen LogP contribution in [0.15, 0.2) is 249 Å². The van der Waals surface area contributed by atoms with E-state index in [2.05, 4.69) is 328 Å². The maximum Gasteiger partial charge on any atom is 0.252 e.